The summed E-state index contributed by atoms with van der Waals surface area (Å²) < 4.78 is 23.4. The number of halogens is 1. The molecular formula is C10H10FNO4. The molecule has 1 heterocycles. The van der Waals surface area contributed by atoms with Crippen molar-refractivity contribution in [2.75, 3.05) is 18.9 Å². The number of carboxylic acid groups (broad SMARTS) is 1. The summed E-state index contributed by atoms with van der Waals surface area (Å²) in [7, 11) is 0. The molecule has 1 aromatic rings. The van der Waals surface area contributed by atoms with Gasteiger partial charge in [-0.05, 0) is 6.07 Å². The van der Waals surface area contributed by atoms with Crippen LogP contribution in [0.1, 0.15) is 10.4 Å². The van der Waals surface area contributed by atoms with Crippen LogP contribution in [0.5, 0.6) is 5.75 Å². The predicted octanol–water partition coefficient (Wildman–Crippen LogP) is 0.884. The number of rotatable bonds is 3. The van der Waals surface area contributed by atoms with Gasteiger partial charge in [0.25, 0.3) is 0 Å². The van der Waals surface area contributed by atoms with E-state index >= 15 is 0 Å². The van der Waals surface area contributed by atoms with Crippen molar-refractivity contribution in [1.82, 2.24) is 0 Å². The maximum atomic E-state index is 13.4. The summed E-state index contributed by atoms with van der Waals surface area (Å²) in [5.41, 5.74) is 5.07. The van der Waals surface area contributed by atoms with E-state index in [0.717, 1.165) is 12.1 Å². The van der Waals surface area contributed by atoms with E-state index in [1.54, 1.807) is 0 Å². The largest absolute Gasteiger partial charge is 0.482 e. The highest BCUT2D eigenvalue weighted by Gasteiger charge is 2.23. The molecule has 5 nitrogen and oxygen atoms in total. The van der Waals surface area contributed by atoms with E-state index in [1.165, 1.54) is 0 Å². The van der Waals surface area contributed by atoms with Gasteiger partial charge in [0, 0.05) is 11.8 Å². The second kappa shape index (κ2) is 3.97. The minimum Gasteiger partial charge on any atom is -0.482 e. The number of aromatic carboxylic acids is 1. The fourth-order valence-electron chi connectivity index (χ4n) is 1.31. The maximum absolute atomic E-state index is 13.4. The lowest BCUT2D eigenvalue weighted by Gasteiger charge is -2.27. The molecule has 16 heavy (non-hydrogen) atoms. The number of anilines is 1. The Morgan fingerprint density at radius 1 is 1.56 bits per heavy atom. The number of hydrogen-bond acceptors (Lipinski definition) is 4. The molecule has 1 aliphatic rings. The molecule has 0 spiro atoms. The third-order valence-electron chi connectivity index (χ3n) is 2.24. The fraction of sp³-hybridized carbons (Fsp3) is 0.300. The van der Waals surface area contributed by atoms with Crippen molar-refractivity contribution in [3.63, 3.8) is 0 Å². The first-order chi connectivity index (χ1) is 7.58. The summed E-state index contributed by atoms with van der Waals surface area (Å²) in [5.74, 6) is -2.00. The third-order valence-corrected chi connectivity index (χ3v) is 2.24. The van der Waals surface area contributed by atoms with Gasteiger partial charge in [0.05, 0.1) is 18.8 Å². The van der Waals surface area contributed by atoms with Crippen LogP contribution < -0.4 is 10.5 Å². The minimum absolute atomic E-state index is 0.111. The molecule has 0 amide bonds. The van der Waals surface area contributed by atoms with Crippen LogP contribution in [0.3, 0.4) is 0 Å². The zero-order valence-corrected chi connectivity index (χ0v) is 8.27. The van der Waals surface area contributed by atoms with Gasteiger partial charge in [-0.2, -0.15) is 0 Å². The average molecular weight is 227 g/mol. The first-order valence-corrected chi connectivity index (χ1v) is 4.64. The number of nitrogen functional groups attached to an aromatic ring is 1. The van der Waals surface area contributed by atoms with E-state index in [4.69, 9.17) is 20.3 Å². The van der Waals surface area contributed by atoms with Gasteiger partial charge in [0.2, 0.25) is 0 Å². The smallest absolute Gasteiger partial charge is 0.337 e. The van der Waals surface area contributed by atoms with E-state index in [0.29, 0.717) is 13.2 Å². The number of carbonyl (C=O) groups is 1. The third kappa shape index (κ3) is 1.92. The van der Waals surface area contributed by atoms with E-state index in [-0.39, 0.29) is 23.1 Å². The van der Waals surface area contributed by atoms with E-state index in [1.807, 2.05) is 0 Å². The van der Waals surface area contributed by atoms with Crippen LogP contribution >= 0.6 is 0 Å². The highest BCUT2D eigenvalue weighted by molar-refractivity contribution is 5.94. The van der Waals surface area contributed by atoms with Crippen molar-refractivity contribution in [2.24, 2.45) is 0 Å². The monoisotopic (exact) mass is 227 g/mol. The molecular weight excluding hydrogens is 217 g/mol. The number of hydrogen-bond donors (Lipinski definition) is 2. The van der Waals surface area contributed by atoms with Gasteiger partial charge >= 0.3 is 5.97 Å². The van der Waals surface area contributed by atoms with Gasteiger partial charge in [0.1, 0.15) is 6.10 Å². The van der Waals surface area contributed by atoms with Crippen molar-refractivity contribution < 1.29 is 23.8 Å². The van der Waals surface area contributed by atoms with Crippen LogP contribution in [0.2, 0.25) is 0 Å². The van der Waals surface area contributed by atoms with Gasteiger partial charge < -0.3 is 20.3 Å². The van der Waals surface area contributed by atoms with Gasteiger partial charge in [0.15, 0.2) is 11.6 Å². The minimum atomic E-state index is -1.22. The van der Waals surface area contributed by atoms with Crippen LogP contribution in [-0.4, -0.2) is 30.4 Å². The Hall–Kier alpha value is -1.82. The molecule has 0 saturated carbocycles. The highest BCUT2D eigenvalue weighted by atomic mass is 19.1. The normalized spacial score (nSPS) is 15.6. The molecule has 0 atom stereocenters. The maximum Gasteiger partial charge on any atom is 0.337 e. The Balaban J connectivity index is 2.28. The summed E-state index contributed by atoms with van der Waals surface area (Å²) in [6, 6.07) is 2.03. The molecule has 0 radical (unpaired) electrons. The van der Waals surface area contributed by atoms with Crippen molar-refractivity contribution in [3.05, 3.63) is 23.5 Å². The molecule has 2 rings (SSSR count). The predicted molar refractivity (Wildman–Crippen MR) is 53.0 cm³/mol. The first-order valence-electron chi connectivity index (χ1n) is 4.64. The molecule has 1 saturated heterocycles. The zero-order valence-electron chi connectivity index (χ0n) is 8.27. The molecule has 1 fully saturated rings. The van der Waals surface area contributed by atoms with E-state index < -0.39 is 11.8 Å². The van der Waals surface area contributed by atoms with Gasteiger partial charge in [-0.3, -0.25) is 0 Å². The Bertz CT molecular complexity index is 431. The van der Waals surface area contributed by atoms with Gasteiger partial charge in [-0.15, -0.1) is 0 Å². The van der Waals surface area contributed by atoms with Crippen molar-refractivity contribution >= 4 is 11.7 Å². The highest BCUT2D eigenvalue weighted by Crippen LogP contribution is 2.26. The molecule has 3 N–H and O–H groups in total. The second-order valence-electron chi connectivity index (χ2n) is 3.45. The van der Waals surface area contributed by atoms with E-state index in [2.05, 4.69) is 0 Å². The standard InChI is InChI=1S/C10H10FNO4/c11-7-2-8(12)6(10(13)14)1-9(7)16-5-3-15-4-5/h1-2,5H,3-4,12H2,(H,13,14). The fourth-order valence-corrected chi connectivity index (χ4v) is 1.31. The molecule has 6 heteroatoms. The van der Waals surface area contributed by atoms with E-state index in [9.17, 15) is 9.18 Å². The molecule has 1 aromatic carbocycles. The second-order valence-corrected chi connectivity index (χ2v) is 3.45. The summed E-state index contributed by atoms with van der Waals surface area (Å²) >= 11 is 0. The number of nitrogens with two attached hydrogens (primary N) is 1. The zero-order chi connectivity index (χ0) is 11.7. The van der Waals surface area contributed by atoms with Crippen molar-refractivity contribution in [3.8, 4) is 5.75 Å². The number of benzene rings is 1. The quantitative estimate of drug-likeness (QED) is 0.749. The van der Waals surface area contributed by atoms with Crippen LogP contribution in [0.25, 0.3) is 0 Å². The molecule has 0 aromatic heterocycles. The Kier molecular flexibility index (Phi) is 2.66. The molecule has 0 bridgehead atoms. The summed E-state index contributed by atoms with van der Waals surface area (Å²) in [4.78, 5) is 10.8. The van der Waals surface area contributed by atoms with Crippen molar-refractivity contribution in [2.45, 2.75) is 6.10 Å². The topological polar surface area (TPSA) is 81.8 Å². The van der Waals surface area contributed by atoms with Crippen LogP contribution in [-0.2, 0) is 4.74 Å². The van der Waals surface area contributed by atoms with Gasteiger partial charge in [-0.1, -0.05) is 0 Å². The lowest BCUT2D eigenvalue weighted by atomic mass is 10.1. The van der Waals surface area contributed by atoms with Crippen LogP contribution in [0, 0.1) is 5.82 Å². The lowest BCUT2D eigenvalue weighted by Crippen LogP contribution is -2.38. The average Bonchev–Trinajstić information content (AvgIpc) is 2.13. The lowest BCUT2D eigenvalue weighted by molar-refractivity contribution is -0.0809. The molecule has 86 valence electrons. The molecule has 0 aliphatic carbocycles. The molecule has 1 aliphatic heterocycles. The number of carboxylic acids is 1. The summed E-state index contributed by atoms with van der Waals surface area (Å²) in [6.07, 6.45) is -0.222. The first kappa shape index (κ1) is 10.7. The number of ether oxygens (including phenoxy) is 2. The summed E-state index contributed by atoms with van der Waals surface area (Å²) in [5, 5.41) is 8.80. The van der Waals surface area contributed by atoms with Crippen LogP contribution in [0.15, 0.2) is 12.1 Å². The Labute approximate surface area is 90.6 Å². The van der Waals surface area contributed by atoms with Crippen molar-refractivity contribution in [1.29, 1.82) is 0 Å². The SMILES string of the molecule is Nc1cc(F)c(OC2COC2)cc1C(=O)O. The Morgan fingerprint density at radius 3 is 2.75 bits per heavy atom. The molecule has 0 unspecified atom stereocenters. The van der Waals surface area contributed by atoms with Crippen LogP contribution in [0.4, 0.5) is 10.1 Å². The van der Waals surface area contributed by atoms with Gasteiger partial charge in [-0.25, -0.2) is 9.18 Å². The Morgan fingerprint density at radius 2 is 2.25 bits per heavy atom. The summed E-state index contributed by atoms with van der Waals surface area (Å²) in [6.45, 7) is 0.762.